The van der Waals surface area contributed by atoms with Crippen molar-refractivity contribution in [2.75, 3.05) is 5.32 Å². The first-order valence-electron chi connectivity index (χ1n) is 7.29. The molecule has 22 heavy (non-hydrogen) atoms. The van der Waals surface area contributed by atoms with E-state index in [2.05, 4.69) is 40.3 Å². The molecule has 0 spiro atoms. The lowest BCUT2D eigenvalue weighted by atomic mass is 10.2. The molecule has 0 bridgehead atoms. The van der Waals surface area contributed by atoms with E-state index in [1.165, 1.54) is 0 Å². The number of fused-ring (bicyclic) bond motifs is 1. The van der Waals surface area contributed by atoms with Gasteiger partial charge in [0.1, 0.15) is 0 Å². The summed E-state index contributed by atoms with van der Waals surface area (Å²) in [5.74, 6) is 0. The Kier molecular flexibility index (Phi) is 4.02. The van der Waals surface area contributed by atoms with Crippen LogP contribution in [0.1, 0.15) is 31.0 Å². The van der Waals surface area contributed by atoms with Crippen LogP contribution in [-0.4, -0.2) is 24.9 Å². The van der Waals surface area contributed by atoms with Gasteiger partial charge in [0.25, 0.3) is 0 Å². The average molecular weight is 297 g/mol. The Morgan fingerprint density at radius 2 is 2.14 bits per heavy atom. The van der Waals surface area contributed by atoms with Gasteiger partial charge >= 0.3 is 0 Å². The number of rotatable bonds is 5. The van der Waals surface area contributed by atoms with Crippen molar-refractivity contribution in [2.24, 2.45) is 0 Å². The van der Waals surface area contributed by atoms with Gasteiger partial charge in [-0.2, -0.15) is 5.10 Å². The largest absolute Gasteiger partial charge is 0.392 e. The number of aliphatic hydroxyl groups excluding tert-OH is 1. The van der Waals surface area contributed by atoms with Crippen LogP contribution in [0, 0.1) is 0 Å². The molecule has 0 atom stereocenters. The molecule has 0 saturated carbocycles. The third-order valence-corrected chi connectivity index (χ3v) is 3.54. The molecule has 0 amide bonds. The smallest absolute Gasteiger partial charge is 0.157 e. The molecule has 6 nitrogen and oxygen atoms in total. The molecule has 0 aromatic carbocycles. The van der Waals surface area contributed by atoms with Crippen LogP contribution in [0.15, 0.2) is 36.9 Å². The first-order valence-corrected chi connectivity index (χ1v) is 7.29. The van der Waals surface area contributed by atoms with Crippen molar-refractivity contribution in [1.29, 1.82) is 0 Å². The summed E-state index contributed by atoms with van der Waals surface area (Å²) in [7, 11) is 0. The molecule has 3 aromatic heterocycles. The van der Waals surface area contributed by atoms with E-state index in [1.807, 2.05) is 17.1 Å². The third-order valence-electron chi connectivity index (χ3n) is 3.54. The van der Waals surface area contributed by atoms with Gasteiger partial charge in [0.2, 0.25) is 0 Å². The maximum Gasteiger partial charge on any atom is 0.157 e. The van der Waals surface area contributed by atoms with E-state index in [4.69, 9.17) is 0 Å². The molecule has 0 aliphatic carbocycles. The van der Waals surface area contributed by atoms with Gasteiger partial charge in [-0.05, 0) is 31.5 Å². The van der Waals surface area contributed by atoms with Gasteiger partial charge in [-0.25, -0.2) is 9.67 Å². The van der Waals surface area contributed by atoms with Crippen molar-refractivity contribution in [3.05, 3.63) is 48.0 Å². The standard InChI is InChI=1S/C16H19N5O/c1-11(2)21-16-14(8-20-21)5-12(7-19-16)6-18-15-9-17-4-3-13(15)10-22/h3-5,7-9,11,18,22H,6,10H2,1-2H3. The van der Waals surface area contributed by atoms with E-state index >= 15 is 0 Å². The number of hydrogen-bond donors (Lipinski definition) is 2. The van der Waals surface area contributed by atoms with Crippen LogP contribution in [0.2, 0.25) is 0 Å². The summed E-state index contributed by atoms with van der Waals surface area (Å²) in [6, 6.07) is 4.17. The number of hydrogen-bond acceptors (Lipinski definition) is 5. The summed E-state index contributed by atoms with van der Waals surface area (Å²) >= 11 is 0. The maximum atomic E-state index is 9.32. The van der Waals surface area contributed by atoms with Crippen LogP contribution in [0.4, 0.5) is 5.69 Å². The minimum atomic E-state index is -0.0106. The normalized spacial score (nSPS) is 11.3. The lowest BCUT2D eigenvalue weighted by Crippen LogP contribution is -2.05. The maximum absolute atomic E-state index is 9.32. The van der Waals surface area contributed by atoms with Gasteiger partial charge in [-0.1, -0.05) is 0 Å². The fourth-order valence-electron chi connectivity index (χ4n) is 2.38. The van der Waals surface area contributed by atoms with Crippen LogP contribution >= 0.6 is 0 Å². The summed E-state index contributed by atoms with van der Waals surface area (Å²) in [6.07, 6.45) is 7.08. The third kappa shape index (κ3) is 2.78. The second-order valence-electron chi connectivity index (χ2n) is 5.48. The molecule has 3 heterocycles. The molecular weight excluding hydrogens is 278 g/mol. The Hall–Kier alpha value is -2.47. The molecule has 0 radical (unpaired) electrons. The number of pyridine rings is 2. The van der Waals surface area contributed by atoms with Crippen molar-refractivity contribution < 1.29 is 5.11 Å². The zero-order chi connectivity index (χ0) is 15.5. The minimum Gasteiger partial charge on any atom is -0.392 e. The van der Waals surface area contributed by atoms with E-state index in [1.54, 1.807) is 18.5 Å². The van der Waals surface area contributed by atoms with Gasteiger partial charge < -0.3 is 10.4 Å². The Balaban J connectivity index is 1.80. The number of nitrogens with zero attached hydrogens (tertiary/aromatic N) is 4. The van der Waals surface area contributed by atoms with Crippen molar-refractivity contribution in [3.63, 3.8) is 0 Å². The molecule has 2 N–H and O–H groups in total. The minimum absolute atomic E-state index is 0.0106. The van der Waals surface area contributed by atoms with Crippen LogP contribution in [0.25, 0.3) is 11.0 Å². The second-order valence-corrected chi connectivity index (χ2v) is 5.48. The lowest BCUT2D eigenvalue weighted by Gasteiger charge is -2.10. The van der Waals surface area contributed by atoms with Crippen molar-refractivity contribution in [3.8, 4) is 0 Å². The van der Waals surface area contributed by atoms with Crippen LogP contribution in [0.3, 0.4) is 0 Å². The monoisotopic (exact) mass is 297 g/mol. The number of nitrogens with one attached hydrogen (secondary N) is 1. The van der Waals surface area contributed by atoms with Crippen molar-refractivity contribution in [1.82, 2.24) is 19.7 Å². The predicted molar refractivity (Wildman–Crippen MR) is 85.4 cm³/mol. The molecule has 3 rings (SSSR count). The van der Waals surface area contributed by atoms with E-state index < -0.39 is 0 Å². The van der Waals surface area contributed by atoms with E-state index in [9.17, 15) is 5.11 Å². The Morgan fingerprint density at radius 1 is 1.27 bits per heavy atom. The van der Waals surface area contributed by atoms with Crippen LogP contribution in [0.5, 0.6) is 0 Å². The van der Waals surface area contributed by atoms with Crippen molar-refractivity contribution >= 4 is 16.7 Å². The van der Waals surface area contributed by atoms with E-state index in [0.717, 1.165) is 27.8 Å². The molecule has 0 saturated heterocycles. The summed E-state index contributed by atoms with van der Waals surface area (Å²) in [6.45, 7) is 4.78. The van der Waals surface area contributed by atoms with Gasteiger partial charge in [0.05, 0.1) is 24.7 Å². The zero-order valence-electron chi connectivity index (χ0n) is 12.7. The van der Waals surface area contributed by atoms with E-state index in [-0.39, 0.29) is 12.6 Å². The highest BCUT2D eigenvalue weighted by Crippen LogP contribution is 2.18. The Bertz CT molecular complexity index is 781. The van der Waals surface area contributed by atoms with Gasteiger partial charge in [0.15, 0.2) is 5.65 Å². The highest BCUT2D eigenvalue weighted by atomic mass is 16.3. The second kappa shape index (κ2) is 6.11. The van der Waals surface area contributed by atoms with Gasteiger partial charge in [-0.15, -0.1) is 0 Å². The first-order chi connectivity index (χ1) is 10.7. The lowest BCUT2D eigenvalue weighted by molar-refractivity contribution is 0.282. The highest BCUT2D eigenvalue weighted by molar-refractivity contribution is 5.75. The summed E-state index contributed by atoms with van der Waals surface area (Å²) in [5.41, 5.74) is 3.62. The molecule has 0 aliphatic rings. The predicted octanol–water partition coefficient (Wildman–Crippen LogP) is 2.51. The summed E-state index contributed by atoms with van der Waals surface area (Å²) < 4.78 is 1.91. The van der Waals surface area contributed by atoms with Crippen molar-refractivity contribution in [2.45, 2.75) is 33.0 Å². The quantitative estimate of drug-likeness (QED) is 0.757. The van der Waals surface area contributed by atoms with Crippen LogP contribution in [-0.2, 0) is 13.2 Å². The SMILES string of the molecule is CC(C)n1ncc2cc(CNc3cnccc3CO)cnc21. The molecule has 0 unspecified atom stereocenters. The molecule has 114 valence electrons. The average Bonchev–Trinajstić information content (AvgIpc) is 2.96. The number of anilines is 1. The molecule has 3 aromatic rings. The summed E-state index contributed by atoms with van der Waals surface area (Å²) in [4.78, 5) is 8.59. The fourth-order valence-corrected chi connectivity index (χ4v) is 2.38. The number of aliphatic hydroxyl groups is 1. The Morgan fingerprint density at radius 3 is 2.91 bits per heavy atom. The summed E-state index contributed by atoms with van der Waals surface area (Å²) in [5, 5.41) is 18.0. The number of aromatic nitrogens is 4. The molecule has 6 heteroatoms. The molecule has 0 fully saturated rings. The van der Waals surface area contributed by atoms with Crippen LogP contribution < -0.4 is 5.32 Å². The van der Waals surface area contributed by atoms with E-state index in [0.29, 0.717) is 6.54 Å². The van der Waals surface area contributed by atoms with Gasteiger partial charge in [0, 0.05) is 35.9 Å². The zero-order valence-corrected chi connectivity index (χ0v) is 12.7. The highest BCUT2D eigenvalue weighted by Gasteiger charge is 2.08. The molecule has 0 aliphatic heterocycles. The topological polar surface area (TPSA) is 75.9 Å². The molecular formula is C16H19N5O. The Labute approximate surface area is 128 Å². The van der Waals surface area contributed by atoms with Gasteiger partial charge in [-0.3, -0.25) is 4.98 Å². The first kappa shape index (κ1) is 14.5. The fraction of sp³-hybridized carbons (Fsp3) is 0.312.